The van der Waals surface area contributed by atoms with E-state index >= 15 is 0 Å². The third kappa shape index (κ3) is 3.42. The molecule has 5 heteroatoms. The number of hydrogen-bond acceptors (Lipinski definition) is 4. The molecule has 5 nitrogen and oxygen atoms in total. The first-order chi connectivity index (χ1) is 12.5. The first-order valence-electron chi connectivity index (χ1n) is 8.47. The molecule has 0 N–H and O–H groups in total. The average Bonchev–Trinajstić information content (AvgIpc) is 2.65. The smallest absolute Gasteiger partial charge is 0.261 e. The van der Waals surface area contributed by atoms with Crippen LogP contribution in [0.3, 0.4) is 0 Å². The molecule has 3 rings (SSSR count). The summed E-state index contributed by atoms with van der Waals surface area (Å²) in [5.41, 5.74) is 3.36. The second-order valence-corrected chi connectivity index (χ2v) is 6.08. The fourth-order valence-electron chi connectivity index (χ4n) is 2.96. The van der Waals surface area contributed by atoms with E-state index in [1.165, 1.54) is 5.56 Å². The molecule has 0 fully saturated rings. The van der Waals surface area contributed by atoms with E-state index in [1.807, 2.05) is 24.3 Å². The molecule has 0 atom stereocenters. The van der Waals surface area contributed by atoms with Gasteiger partial charge in [-0.1, -0.05) is 49.4 Å². The lowest BCUT2D eigenvalue weighted by Crippen LogP contribution is -2.43. The molecule has 132 valence electrons. The fraction of sp³-hybridized carbons (Fsp3) is 0.190. The maximum Gasteiger partial charge on any atom is 0.261 e. The molecule has 0 aliphatic carbocycles. The summed E-state index contributed by atoms with van der Waals surface area (Å²) in [4.78, 5) is 37.2. The van der Waals surface area contributed by atoms with Gasteiger partial charge in [-0.25, -0.2) is 0 Å². The summed E-state index contributed by atoms with van der Waals surface area (Å²) in [5.74, 6) is -2.27. The van der Waals surface area contributed by atoms with Crippen molar-refractivity contribution in [3.63, 3.8) is 0 Å². The number of carbonyl (C=O) groups excluding carboxylic acids is 3. The molecule has 1 aliphatic rings. The number of imide groups is 1. The Morgan fingerprint density at radius 3 is 2.27 bits per heavy atom. The molecule has 2 amide bonds. The number of amides is 2. The number of aryl methyl sites for hydroxylation is 1. The number of hydrogen-bond donors (Lipinski definition) is 0. The number of carbonyl (C=O) groups is 3. The van der Waals surface area contributed by atoms with Gasteiger partial charge in [-0.05, 0) is 35.3 Å². The standard InChI is InChI=1S/C21H19NO4/c1-2-14-7-9-15(10-8-14)13-18-16-5-3-4-6-17(16)20(25)22(21(18)26)12-11-19(23)24/h3-10,13H,2,11-12H2,1H3,(H,23,24)/p-1/b18-13-. The van der Waals surface area contributed by atoms with E-state index in [-0.39, 0.29) is 6.54 Å². The first kappa shape index (κ1) is 17.6. The maximum absolute atomic E-state index is 12.9. The molecule has 1 aliphatic heterocycles. The summed E-state index contributed by atoms with van der Waals surface area (Å²) in [6.45, 7) is 1.86. The molecule has 2 aromatic rings. The predicted octanol–water partition coefficient (Wildman–Crippen LogP) is 1.91. The molecule has 26 heavy (non-hydrogen) atoms. The van der Waals surface area contributed by atoms with E-state index in [0.29, 0.717) is 16.7 Å². The van der Waals surface area contributed by atoms with Crippen LogP contribution in [-0.4, -0.2) is 29.2 Å². The molecule has 2 aromatic carbocycles. The van der Waals surface area contributed by atoms with Crippen LogP contribution in [0, 0.1) is 0 Å². The zero-order chi connectivity index (χ0) is 18.7. The minimum absolute atomic E-state index is 0.208. The first-order valence-corrected chi connectivity index (χ1v) is 8.47. The van der Waals surface area contributed by atoms with Gasteiger partial charge in [0, 0.05) is 30.1 Å². The van der Waals surface area contributed by atoms with Crippen molar-refractivity contribution >= 4 is 29.4 Å². The minimum Gasteiger partial charge on any atom is -0.550 e. The highest BCUT2D eigenvalue weighted by molar-refractivity contribution is 6.33. The van der Waals surface area contributed by atoms with Crippen LogP contribution < -0.4 is 5.11 Å². The summed E-state index contributed by atoms with van der Waals surface area (Å²) >= 11 is 0. The number of carboxylic acids is 1. The van der Waals surface area contributed by atoms with Crippen LogP contribution in [0.4, 0.5) is 0 Å². The Morgan fingerprint density at radius 2 is 1.65 bits per heavy atom. The van der Waals surface area contributed by atoms with Crippen LogP contribution in [0.25, 0.3) is 11.6 Å². The zero-order valence-corrected chi connectivity index (χ0v) is 14.4. The zero-order valence-electron chi connectivity index (χ0n) is 14.4. The molecule has 0 bridgehead atoms. The van der Waals surface area contributed by atoms with Gasteiger partial charge in [0.25, 0.3) is 11.8 Å². The van der Waals surface area contributed by atoms with Gasteiger partial charge < -0.3 is 9.90 Å². The second-order valence-electron chi connectivity index (χ2n) is 6.08. The van der Waals surface area contributed by atoms with Crippen molar-refractivity contribution in [1.82, 2.24) is 4.90 Å². The summed E-state index contributed by atoms with van der Waals surface area (Å²) in [7, 11) is 0. The topological polar surface area (TPSA) is 77.5 Å². The van der Waals surface area contributed by atoms with Crippen LogP contribution in [0.15, 0.2) is 48.5 Å². The molecule has 0 saturated carbocycles. The molecule has 0 spiro atoms. The molecule has 0 aromatic heterocycles. The van der Waals surface area contributed by atoms with E-state index in [1.54, 1.807) is 30.3 Å². The van der Waals surface area contributed by atoms with Crippen molar-refractivity contribution in [2.45, 2.75) is 19.8 Å². The number of carboxylic acid groups (broad SMARTS) is 1. The highest BCUT2D eigenvalue weighted by Gasteiger charge is 2.34. The second kappa shape index (κ2) is 7.35. The monoisotopic (exact) mass is 348 g/mol. The highest BCUT2D eigenvalue weighted by Crippen LogP contribution is 2.30. The van der Waals surface area contributed by atoms with E-state index in [4.69, 9.17) is 0 Å². The highest BCUT2D eigenvalue weighted by atomic mass is 16.4. The summed E-state index contributed by atoms with van der Waals surface area (Å²) in [5, 5.41) is 10.8. The number of aliphatic carboxylic acids is 1. The molecule has 0 unspecified atom stereocenters. The van der Waals surface area contributed by atoms with E-state index in [9.17, 15) is 19.5 Å². The fourth-order valence-corrected chi connectivity index (χ4v) is 2.96. The van der Waals surface area contributed by atoms with Crippen LogP contribution in [-0.2, 0) is 16.0 Å². The Bertz CT molecular complexity index is 896. The predicted molar refractivity (Wildman–Crippen MR) is 95.8 cm³/mol. The minimum atomic E-state index is -1.30. The number of fused-ring (bicyclic) bond motifs is 1. The van der Waals surface area contributed by atoms with Crippen LogP contribution in [0.5, 0.6) is 0 Å². The summed E-state index contributed by atoms with van der Waals surface area (Å²) in [6.07, 6.45) is 2.27. The van der Waals surface area contributed by atoms with Crippen molar-refractivity contribution in [2.24, 2.45) is 0 Å². The van der Waals surface area contributed by atoms with E-state index in [0.717, 1.165) is 16.9 Å². The molecule has 0 radical (unpaired) electrons. The van der Waals surface area contributed by atoms with Crippen molar-refractivity contribution < 1.29 is 19.5 Å². The quantitative estimate of drug-likeness (QED) is 0.611. The SMILES string of the molecule is CCc1ccc(/C=C2\C(=O)N(CCC(=O)[O-])C(=O)c3ccccc32)cc1. The Hall–Kier alpha value is -3.21. The van der Waals surface area contributed by atoms with Gasteiger partial charge in [0.15, 0.2) is 0 Å². The van der Waals surface area contributed by atoms with Gasteiger partial charge in [-0.2, -0.15) is 0 Å². The Labute approximate surface area is 151 Å². The number of nitrogens with zero attached hydrogens (tertiary/aromatic N) is 1. The van der Waals surface area contributed by atoms with Crippen LogP contribution >= 0.6 is 0 Å². The summed E-state index contributed by atoms with van der Waals surface area (Å²) in [6, 6.07) is 14.7. The van der Waals surface area contributed by atoms with Crippen molar-refractivity contribution in [1.29, 1.82) is 0 Å². The van der Waals surface area contributed by atoms with Gasteiger partial charge in [0.05, 0.1) is 0 Å². The Morgan fingerprint density at radius 1 is 1.00 bits per heavy atom. The van der Waals surface area contributed by atoms with Crippen LogP contribution in [0.1, 0.15) is 40.4 Å². The summed E-state index contributed by atoms with van der Waals surface area (Å²) < 4.78 is 0. The molecule has 0 saturated heterocycles. The van der Waals surface area contributed by atoms with Gasteiger partial charge in [-0.3, -0.25) is 14.5 Å². The molecule has 1 heterocycles. The van der Waals surface area contributed by atoms with Gasteiger partial charge >= 0.3 is 0 Å². The van der Waals surface area contributed by atoms with Gasteiger partial charge in [-0.15, -0.1) is 0 Å². The Balaban J connectivity index is 2.05. The average molecular weight is 348 g/mol. The van der Waals surface area contributed by atoms with Crippen molar-refractivity contribution in [3.8, 4) is 0 Å². The lowest BCUT2D eigenvalue weighted by molar-refractivity contribution is -0.305. The van der Waals surface area contributed by atoms with Crippen molar-refractivity contribution in [3.05, 3.63) is 70.8 Å². The Kier molecular flexibility index (Phi) is 4.98. The lowest BCUT2D eigenvalue weighted by Gasteiger charge is -2.28. The van der Waals surface area contributed by atoms with Crippen molar-refractivity contribution in [2.75, 3.05) is 6.54 Å². The molecular weight excluding hydrogens is 330 g/mol. The third-order valence-electron chi connectivity index (χ3n) is 4.41. The largest absolute Gasteiger partial charge is 0.550 e. The normalized spacial score (nSPS) is 15.3. The van der Waals surface area contributed by atoms with Gasteiger partial charge in [0.1, 0.15) is 0 Å². The number of benzene rings is 2. The number of rotatable bonds is 5. The van der Waals surface area contributed by atoms with E-state index < -0.39 is 24.2 Å². The third-order valence-corrected chi connectivity index (χ3v) is 4.41. The maximum atomic E-state index is 12.9. The van der Waals surface area contributed by atoms with E-state index in [2.05, 4.69) is 6.92 Å². The van der Waals surface area contributed by atoms with Gasteiger partial charge in [0.2, 0.25) is 0 Å². The lowest BCUT2D eigenvalue weighted by atomic mass is 9.92. The molecular formula is C21H18NO4-. The van der Waals surface area contributed by atoms with Crippen LogP contribution in [0.2, 0.25) is 0 Å².